The van der Waals surface area contributed by atoms with E-state index in [2.05, 4.69) is 10.2 Å². The zero-order valence-electron chi connectivity index (χ0n) is 28.5. The molecule has 0 spiro atoms. The first-order valence-electron chi connectivity index (χ1n) is 15.9. The Morgan fingerprint density at radius 3 is 1.48 bits per heavy atom. The van der Waals surface area contributed by atoms with Crippen molar-refractivity contribution >= 4 is 34.6 Å². The van der Waals surface area contributed by atoms with Crippen LogP contribution in [0.4, 0.5) is 11.4 Å². The van der Waals surface area contributed by atoms with Crippen LogP contribution in [0.5, 0.6) is 11.5 Å². The normalized spacial score (nSPS) is 11.0. The van der Waals surface area contributed by atoms with E-state index in [-0.39, 0.29) is 36.2 Å². The summed E-state index contributed by atoms with van der Waals surface area (Å²) in [7, 11) is 0. The zero-order valence-corrected chi connectivity index (χ0v) is 30.0. The predicted octanol–water partition coefficient (Wildman–Crippen LogP) is 7.47. The number of hydrogen-bond acceptors (Lipinski definition) is 11. The van der Waals surface area contributed by atoms with Crippen molar-refractivity contribution in [1.82, 2.24) is 19.6 Å². The van der Waals surface area contributed by atoms with E-state index >= 15 is 0 Å². The minimum Gasteiger partial charge on any atom is -0.489 e. The van der Waals surface area contributed by atoms with E-state index in [0.29, 0.717) is 50.5 Å². The third-order valence-corrected chi connectivity index (χ3v) is 7.68. The summed E-state index contributed by atoms with van der Waals surface area (Å²) in [5.74, 6) is 0.262. The summed E-state index contributed by atoms with van der Waals surface area (Å²) in [4.78, 5) is 34.3. The second-order valence-corrected chi connectivity index (χ2v) is 12.8. The maximum atomic E-state index is 12.1. The van der Waals surface area contributed by atoms with Gasteiger partial charge in [0.2, 0.25) is 11.8 Å². The van der Waals surface area contributed by atoms with Crippen molar-refractivity contribution in [2.24, 2.45) is 0 Å². The molecule has 0 unspecified atom stereocenters. The highest BCUT2D eigenvalue weighted by Gasteiger charge is 2.16. The Labute approximate surface area is 307 Å². The van der Waals surface area contributed by atoms with Crippen LogP contribution < -0.4 is 26.7 Å². The minimum absolute atomic E-state index is 0.0143. The summed E-state index contributed by atoms with van der Waals surface area (Å²) in [5, 5.41) is 19.9. The van der Waals surface area contributed by atoms with Gasteiger partial charge < -0.3 is 24.0 Å². The number of nitrogen functional groups attached to an aromatic ring is 1. The first-order valence-corrected chi connectivity index (χ1v) is 16.7. The number of rotatable bonds is 11. The number of halogens is 2. The molecule has 0 amide bonds. The average molecular weight is 750 g/mol. The largest absolute Gasteiger partial charge is 0.489 e. The Morgan fingerprint density at radius 2 is 1.12 bits per heavy atom. The van der Waals surface area contributed by atoms with Crippen LogP contribution in [0.15, 0.2) is 103 Å². The number of aromatic nitrogens is 4. The number of anilines is 1. The average Bonchev–Trinajstić information content (AvgIpc) is 3.65. The van der Waals surface area contributed by atoms with Crippen molar-refractivity contribution in [3.8, 4) is 34.4 Å². The van der Waals surface area contributed by atoms with Crippen molar-refractivity contribution in [2.45, 2.75) is 53.0 Å². The Morgan fingerprint density at radius 1 is 0.712 bits per heavy atom. The lowest BCUT2D eigenvalue weighted by molar-refractivity contribution is -0.384. The summed E-state index contributed by atoms with van der Waals surface area (Å²) in [6.45, 7) is 8.05. The molecule has 6 rings (SSSR count). The number of ether oxygens (including phenoxy) is 2. The van der Waals surface area contributed by atoms with Gasteiger partial charge in [-0.3, -0.25) is 10.1 Å². The van der Waals surface area contributed by atoms with Crippen LogP contribution in [0, 0.1) is 10.1 Å². The molecule has 0 saturated heterocycles. The molecule has 0 atom stereocenters. The molecule has 52 heavy (non-hydrogen) atoms. The second kappa shape index (κ2) is 16.4. The Hall–Kier alpha value is -5.86. The van der Waals surface area contributed by atoms with Gasteiger partial charge in [-0.1, -0.05) is 47.5 Å². The monoisotopic (exact) mass is 748 g/mol. The summed E-state index contributed by atoms with van der Waals surface area (Å²) in [6, 6.07) is 23.2. The standard InChI is InChI=1S/C18H16ClN3O5.C18H18ClN3O3/c1-11(2)26-16-8-5-13(9-15(16)19)17-20-21(18(23)27-17)10-12-3-6-14(7-4-12)22(24)25;1-11(2)24-16-8-5-13(9-15(16)19)17-21-22(18(23)25-17)10-12-3-6-14(20)7-4-12/h3-9,11H,10H2,1-2H3;3-9,11H,10,20H2,1-2H3. The fourth-order valence-corrected chi connectivity index (χ4v) is 5.15. The quantitative estimate of drug-likeness (QED) is 0.0787. The number of non-ortho nitro benzene ring substituents is 1. The molecular formula is C36H34Cl2N6O8. The number of benzene rings is 4. The molecule has 0 aliphatic rings. The molecule has 0 fully saturated rings. The molecule has 270 valence electrons. The van der Waals surface area contributed by atoms with E-state index in [0.717, 1.165) is 10.2 Å². The molecular weight excluding hydrogens is 715 g/mol. The smallest absolute Gasteiger partial charge is 0.437 e. The van der Waals surface area contributed by atoms with Crippen molar-refractivity contribution < 1.29 is 23.2 Å². The molecule has 2 heterocycles. The van der Waals surface area contributed by atoms with Gasteiger partial charge in [0.15, 0.2) is 0 Å². The van der Waals surface area contributed by atoms with Gasteiger partial charge in [-0.15, -0.1) is 10.2 Å². The first kappa shape index (κ1) is 37.4. The van der Waals surface area contributed by atoms with Gasteiger partial charge in [0.25, 0.3) is 5.69 Å². The Bertz CT molecular complexity index is 2280. The van der Waals surface area contributed by atoms with Gasteiger partial charge in [-0.25, -0.2) is 9.59 Å². The maximum absolute atomic E-state index is 12.1. The van der Waals surface area contributed by atoms with Gasteiger partial charge in [0.1, 0.15) is 11.5 Å². The van der Waals surface area contributed by atoms with Crippen molar-refractivity contribution in [2.75, 3.05) is 5.73 Å². The van der Waals surface area contributed by atoms with Crippen molar-refractivity contribution in [1.29, 1.82) is 0 Å². The Balaban J connectivity index is 0.000000202. The molecule has 2 N–H and O–H groups in total. The molecule has 0 saturated carbocycles. The molecule has 4 aromatic carbocycles. The highest BCUT2D eigenvalue weighted by Crippen LogP contribution is 2.31. The van der Waals surface area contributed by atoms with Crippen molar-refractivity contribution in [3.63, 3.8) is 0 Å². The third-order valence-electron chi connectivity index (χ3n) is 7.09. The number of nitro benzene ring substituents is 1. The molecule has 0 aliphatic heterocycles. The number of nitro groups is 1. The highest BCUT2D eigenvalue weighted by molar-refractivity contribution is 6.32. The number of hydrogen-bond donors (Lipinski definition) is 1. The topological polar surface area (TPSA) is 184 Å². The summed E-state index contributed by atoms with van der Waals surface area (Å²) in [5.41, 5.74) is 9.02. The first-order chi connectivity index (χ1) is 24.7. The maximum Gasteiger partial charge on any atom is 0.437 e. The molecule has 0 radical (unpaired) electrons. The highest BCUT2D eigenvalue weighted by atomic mass is 35.5. The van der Waals surface area contributed by atoms with E-state index in [1.54, 1.807) is 60.7 Å². The van der Waals surface area contributed by atoms with Gasteiger partial charge >= 0.3 is 11.5 Å². The lowest BCUT2D eigenvalue weighted by Crippen LogP contribution is -2.16. The predicted molar refractivity (Wildman–Crippen MR) is 196 cm³/mol. The summed E-state index contributed by atoms with van der Waals surface area (Å²) in [6.07, 6.45) is -0.00686. The Kier molecular flexibility index (Phi) is 11.8. The minimum atomic E-state index is -0.637. The zero-order chi connectivity index (χ0) is 37.5. The van der Waals surface area contributed by atoms with Crippen LogP contribution >= 0.6 is 23.2 Å². The van der Waals surface area contributed by atoms with Gasteiger partial charge in [0.05, 0.1) is 40.3 Å². The van der Waals surface area contributed by atoms with Crippen LogP contribution in [-0.2, 0) is 13.1 Å². The summed E-state index contributed by atoms with van der Waals surface area (Å²) >= 11 is 12.4. The van der Waals surface area contributed by atoms with Gasteiger partial charge in [-0.2, -0.15) is 9.36 Å². The van der Waals surface area contributed by atoms with Gasteiger partial charge in [-0.05, 0) is 87.4 Å². The third kappa shape index (κ3) is 9.68. The van der Waals surface area contributed by atoms with Gasteiger partial charge in [0, 0.05) is 28.9 Å². The number of nitrogens with zero attached hydrogens (tertiary/aromatic N) is 5. The summed E-state index contributed by atoms with van der Waals surface area (Å²) < 4.78 is 24.0. The molecule has 16 heteroatoms. The van der Waals surface area contributed by atoms with Crippen LogP contribution in [0.2, 0.25) is 10.0 Å². The van der Waals surface area contributed by atoms with E-state index in [4.69, 9.17) is 47.2 Å². The van der Waals surface area contributed by atoms with Crippen LogP contribution in [0.25, 0.3) is 22.9 Å². The van der Waals surface area contributed by atoms with E-state index < -0.39 is 16.4 Å². The fraction of sp³-hybridized carbons (Fsp3) is 0.222. The number of nitrogens with two attached hydrogens (primary N) is 1. The lowest BCUT2D eigenvalue weighted by atomic mass is 10.2. The molecule has 6 aromatic rings. The van der Waals surface area contributed by atoms with E-state index in [1.807, 2.05) is 39.8 Å². The molecule has 0 bridgehead atoms. The SMILES string of the molecule is CC(C)Oc1ccc(-c2nn(Cc3ccc(N)cc3)c(=O)o2)cc1Cl.CC(C)Oc1ccc(-c2nn(Cc3ccc([N+](=O)[O-])cc3)c(=O)o2)cc1Cl. The molecule has 0 aliphatic carbocycles. The second-order valence-electron chi connectivity index (χ2n) is 12.0. The van der Waals surface area contributed by atoms with E-state index in [1.165, 1.54) is 16.8 Å². The van der Waals surface area contributed by atoms with Crippen LogP contribution in [-0.4, -0.2) is 36.7 Å². The van der Waals surface area contributed by atoms with Crippen LogP contribution in [0.1, 0.15) is 38.8 Å². The fourth-order valence-electron chi connectivity index (χ4n) is 4.70. The van der Waals surface area contributed by atoms with E-state index in [9.17, 15) is 19.7 Å². The van der Waals surface area contributed by atoms with Crippen LogP contribution in [0.3, 0.4) is 0 Å². The molecule has 14 nitrogen and oxygen atoms in total. The van der Waals surface area contributed by atoms with Crippen molar-refractivity contribution in [3.05, 3.63) is 137 Å². The molecule has 2 aromatic heterocycles. The lowest BCUT2D eigenvalue weighted by Gasteiger charge is -2.11.